The minimum Gasteiger partial charge on any atom is -0.377 e. The fraction of sp³-hybridized carbons (Fsp3) is 0.769. The van der Waals surface area contributed by atoms with Gasteiger partial charge in [0.25, 0.3) is 0 Å². The Kier molecular flexibility index (Phi) is 4.18. The molecule has 1 fully saturated rings. The first-order valence-corrected chi connectivity index (χ1v) is 6.59. The molecule has 2 rings (SSSR count). The maximum atomic E-state index is 6.23. The Hall–Kier alpha value is -0.870. The van der Waals surface area contributed by atoms with Crippen molar-refractivity contribution in [1.82, 2.24) is 9.78 Å². The van der Waals surface area contributed by atoms with Crippen molar-refractivity contribution in [3.05, 3.63) is 17.5 Å². The smallest absolute Gasteiger partial charge is 0.0729 e. The van der Waals surface area contributed by atoms with Crippen molar-refractivity contribution in [3.8, 4) is 0 Å². The van der Waals surface area contributed by atoms with Crippen LogP contribution in [0.4, 0.5) is 0 Å². The maximum absolute atomic E-state index is 6.23. The van der Waals surface area contributed by atoms with Crippen molar-refractivity contribution in [2.45, 2.75) is 51.2 Å². The normalized spacial score (nSPS) is 22.6. The van der Waals surface area contributed by atoms with Gasteiger partial charge >= 0.3 is 0 Å². The molecule has 2 heterocycles. The molecule has 2 atom stereocenters. The first kappa shape index (κ1) is 12.6. The molecule has 0 amide bonds. The largest absolute Gasteiger partial charge is 0.377 e. The summed E-state index contributed by atoms with van der Waals surface area (Å²) >= 11 is 0. The van der Waals surface area contributed by atoms with Crippen molar-refractivity contribution < 1.29 is 4.74 Å². The van der Waals surface area contributed by atoms with Crippen LogP contribution in [-0.4, -0.2) is 28.5 Å². The van der Waals surface area contributed by atoms with Crippen LogP contribution in [0.15, 0.2) is 6.07 Å². The summed E-state index contributed by atoms with van der Waals surface area (Å²) in [6.45, 7) is 2.99. The van der Waals surface area contributed by atoms with Crippen LogP contribution in [0.1, 0.15) is 37.6 Å². The number of aryl methyl sites for hydroxylation is 2. The van der Waals surface area contributed by atoms with Crippen LogP contribution < -0.4 is 5.73 Å². The van der Waals surface area contributed by atoms with E-state index in [1.807, 2.05) is 11.7 Å². The molecule has 1 aliphatic rings. The molecule has 0 bridgehead atoms. The van der Waals surface area contributed by atoms with Gasteiger partial charge in [0.05, 0.1) is 11.8 Å². The Morgan fingerprint density at radius 2 is 2.41 bits per heavy atom. The molecule has 1 aliphatic heterocycles. The van der Waals surface area contributed by atoms with E-state index in [4.69, 9.17) is 10.5 Å². The Morgan fingerprint density at radius 1 is 1.59 bits per heavy atom. The highest BCUT2D eigenvalue weighted by Crippen LogP contribution is 2.17. The lowest BCUT2D eigenvalue weighted by Gasteiger charge is -2.27. The van der Waals surface area contributed by atoms with Crippen LogP contribution in [-0.2, 0) is 24.6 Å². The van der Waals surface area contributed by atoms with Gasteiger partial charge in [-0.15, -0.1) is 0 Å². The monoisotopic (exact) mass is 237 g/mol. The number of hydrogen-bond donors (Lipinski definition) is 1. The van der Waals surface area contributed by atoms with Crippen molar-refractivity contribution in [3.63, 3.8) is 0 Å². The molecule has 0 spiro atoms. The van der Waals surface area contributed by atoms with E-state index in [0.29, 0.717) is 0 Å². The highest BCUT2D eigenvalue weighted by atomic mass is 16.5. The number of nitrogens with zero attached hydrogens (tertiary/aromatic N) is 2. The summed E-state index contributed by atoms with van der Waals surface area (Å²) in [5, 5.41) is 4.45. The Balaban J connectivity index is 1.96. The lowest BCUT2D eigenvalue weighted by molar-refractivity contribution is 0.000333. The summed E-state index contributed by atoms with van der Waals surface area (Å²) in [6, 6.07) is 2.25. The molecule has 0 saturated carbocycles. The lowest BCUT2D eigenvalue weighted by atomic mass is 9.99. The van der Waals surface area contributed by atoms with Gasteiger partial charge in [0.15, 0.2) is 0 Å². The Bertz CT molecular complexity index is 356. The number of ether oxygens (including phenoxy) is 1. The molecule has 4 heteroatoms. The van der Waals surface area contributed by atoms with Crippen LogP contribution in [0.3, 0.4) is 0 Å². The molecule has 2 unspecified atom stereocenters. The zero-order valence-corrected chi connectivity index (χ0v) is 10.9. The highest BCUT2D eigenvalue weighted by molar-refractivity contribution is 5.11. The fourth-order valence-electron chi connectivity index (χ4n) is 2.41. The number of hydrogen-bond acceptors (Lipinski definition) is 3. The van der Waals surface area contributed by atoms with E-state index in [9.17, 15) is 0 Å². The molecule has 1 saturated heterocycles. The predicted octanol–water partition coefficient (Wildman–Crippen LogP) is 1.42. The standard InChI is InChI=1S/C13H23N3O/c1-3-10-8-11(16(2)15-10)9-12(14)13-6-4-5-7-17-13/h8,12-13H,3-7,9,14H2,1-2H3. The van der Waals surface area contributed by atoms with E-state index < -0.39 is 0 Å². The van der Waals surface area contributed by atoms with Gasteiger partial charge in [-0.05, 0) is 31.7 Å². The summed E-state index contributed by atoms with van der Waals surface area (Å²) in [6.07, 6.45) is 5.57. The lowest BCUT2D eigenvalue weighted by Crippen LogP contribution is -2.40. The first-order chi connectivity index (χ1) is 8.20. The van der Waals surface area contributed by atoms with Gasteiger partial charge in [-0.2, -0.15) is 5.10 Å². The average Bonchev–Trinajstić information content (AvgIpc) is 2.71. The molecule has 1 aromatic rings. The van der Waals surface area contributed by atoms with E-state index in [1.54, 1.807) is 0 Å². The van der Waals surface area contributed by atoms with Crippen LogP contribution in [0.25, 0.3) is 0 Å². The quantitative estimate of drug-likeness (QED) is 0.861. The third-order valence-electron chi connectivity index (χ3n) is 3.53. The maximum Gasteiger partial charge on any atom is 0.0729 e. The molecule has 2 N–H and O–H groups in total. The summed E-state index contributed by atoms with van der Waals surface area (Å²) in [4.78, 5) is 0. The van der Waals surface area contributed by atoms with Crippen LogP contribution in [0.5, 0.6) is 0 Å². The first-order valence-electron chi connectivity index (χ1n) is 6.59. The van der Waals surface area contributed by atoms with Gasteiger partial charge in [0.2, 0.25) is 0 Å². The minimum atomic E-state index is 0.0930. The second kappa shape index (κ2) is 5.65. The molecule has 4 nitrogen and oxygen atoms in total. The van der Waals surface area contributed by atoms with Gasteiger partial charge in [-0.1, -0.05) is 6.92 Å². The molecular weight excluding hydrogens is 214 g/mol. The molecule has 96 valence electrons. The van der Waals surface area contributed by atoms with E-state index >= 15 is 0 Å². The number of aromatic nitrogens is 2. The van der Waals surface area contributed by atoms with Crippen molar-refractivity contribution in [2.24, 2.45) is 12.8 Å². The second-order valence-corrected chi connectivity index (χ2v) is 4.88. The molecule has 0 radical (unpaired) electrons. The third-order valence-corrected chi connectivity index (χ3v) is 3.53. The molecule has 0 aromatic carbocycles. The summed E-state index contributed by atoms with van der Waals surface area (Å²) in [5.74, 6) is 0. The van der Waals surface area contributed by atoms with Gasteiger partial charge in [-0.25, -0.2) is 0 Å². The van der Waals surface area contributed by atoms with Gasteiger partial charge in [0, 0.05) is 31.8 Å². The van der Waals surface area contributed by atoms with E-state index in [2.05, 4.69) is 18.1 Å². The van der Waals surface area contributed by atoms with Crippen molar-refractivity contribution >= 4 is 0 Å². The van der Waals surface area contributed by atoms with Crippen molar-refractivity contribution in [2.75, 3.05) is 6.61 Å². The zero-order chi connectivity index (χ0) is 12.3. The van der Waals surface area contributed by atoms with Gasteiger partial charge < -0.3 is 10.5 Å². The number of rotatable bonds is 4. The second-order valence-electron chi connectivity index (χ2n) is 4.88. The highest BCUT2D eigenvalue weighted by Gasteiger charge is 2.22. The summed E-state index contributed by atoms with van der Waals surface area (Å²) in [7, 11) is 1.99. The molecule has 17 heavy (non-hydrogen) atoms. The SMILES string of the molecule is CCc1cc(CC(N)C2CCCCO2)n(C)n1. The van der Waals surface area contributed by atoms with Crippen LogP contribution in [0.2, 0.25) is 0 Å². The molecule has 1 aromatic heterocycles. The number of nitrogens with two attached hydrogens (primary N) is 1. The van der Waals surface area contributed by atoms with E-state index in [-0.39, 0.29) is 12.1 Å². The summed E-state index contributed by atoms with van der Waals surface area (Å²) in [5.41, 5.74) is 8.58. The molecule has 0 aliphatic carbocycles. The third kappa shape index (κ3) is 3.07. The van der Waals surface area contributed by atoms with Crippen LogP contribution in [0, 0.1) is 0 Å². The van der Waals surface area contributed by atoms with E-state index in [1.165, 1.54) is 18.5 Å². The average molecular weight is 237 g/mol. The zero-order valence-electron chi connectivity index (χ0n) is 10.9. The van der Waals surface area contributed by atoms with E-state index in [0.717, 1.165) is 31.6 Å². The Morgan fingerprint density at radius 3 is 3.00 bits per heavy atom. The van der Waals surface area contributed by atoms with Crippen LogP contribution >= 0.6 is 0 Å². The van der Waals surface area contributed by atoms with Gasteiger partial charge in [0.1, 0.15) is 0 Å². The van der Waals surface area contributed by atoms with Gasteiger partial charge in [-0.3, -0.25) is 4.68 Å². The molecular formula is C13H23N3O. The van der Waals surface area contributed by atoms with Crippen molar-refractivity contribution in [1.29, 1.82) is 0 Å². The topological polar surface area (TPSA) is 53.1 Å². The predicted molar refractivity (Wildman–Crippen MR) is 67.9 cm³/mol. The Labute approximate surface area is 103 Å². The minimum absolute atomic E-state index is 0.0930. The summed E-state index contributed by atoms with van der Waals surface area (Å²) < 4.78 is 7.68. The fourth-order valence-corrected chi connectivity index (χ4v) is 2.41.